The van der Waals surface area contributed by atoms with E-state index < -0.39 is 5.82 Å². The highest BCUT2D eigenvalue weighted by molar-refractivity contribution is 7.15. The summed E-state index contributed by atoms with van der Waals surface area (Å²) in [5, 5.41) is 12.1. The topological polar surface area (TPSA) is 54.9 Å². The van der Waals surface area contributed by atoms with E-state index in [0.29, 0.717) is 11.0 Å². The maximum Gasteiger partial charge on any atom is 0.257 e. The van der Waals surface area contributed by atoms with Gasteiger partial charge in [0.05, 0.1) is 0 Å². The van der Waals surface area contributed by atoms with Crippen LogP contribution in [0.25, 0.3) is 0 Å². The first-order chi connectivity index (χ1) is 9.63. The number of rotatable bonds is 5. The van der Waals surface area contributed by atoms with Crippen molar-refractivity contribution in [1.29, 1.82) is 0 Å². The van der Waals surface area contributed by atoms with Crippen LogP contribution < -0.4 is 5.32 Å². The van der Waals surface area contributed by atoms with Gasteiger partial charge in [-0.2, -0.15) is 0 Å². The molecular weight excluding hydrogens is 277 g/mol. The number of carbonyl (C=O) groups excluding carboxylic acids is 1. The number of nitrogens with zero attached hydrogens (tertiary/aromatic N) is 2. The fourth-order valence-corrected chi connectivity index (χ4v) is 2.89. The minimum absolute atomic E-state index is 0.268. The van der Waals surface area contributed by atoms with E-state index in [-0.39, 0.29) is 11.5 Å². The second kappa shape index (κ2) is 6.56. The van der Waals surface area contributed by atoms with Crippen LogP contribution in [0, 0.1) is 5.82 Å². The van der Waals surface area contributed by atoms with Gasteiger partial charge in [-0.3, -0.25) is 10.1 Å². The standard InChI is InChI=1S/C14H16FN3OS/c1-3-9(4-2)13-17-18-14(20-13)16-12(19)10-6-5-7-11(15)8-10/h5-9H,3-4H2,1-2H3,(H,16,18,19). The molecule has 1 aromatic heterocycles. The molecule has 1 amide bonds. The van der Waals surface area contributed by atoms with Gasteiger partial charge in [0.1, 0.15) is 10.8 Å². The molecule has 1 aromatic carbocycles. The van der Waals surface area contributed by atoms with Crippen molar-refractivity contribution in [2.45, 2.75) is 32.6 Å². The first kappa shape index (κ1) is 14.6. The SMILES string of the molecule is CCC(CC)c1nnc(NC(=O)c2cccc(F)c2)s1. The van der Waals surface area contributed by atoms with Crippen LogP contribution >= 0.6 is 11.3 Å². The van der Waals surface area contributed by atoms with Crippen LogP contribution in [-0.2, 0) is 0 Å². The molecule has 0 atom stereocenters. The Kier molecular flexibility index (Phi) is 4.79. The highest BCUT2D eigenvalue weighted by atomic mass is 32.1. The zero-order chi connectivity index (χ0) is 14.5. The van der Waals surface area contributed by atoms with Gasteiger partial charge in [-0.25, -0.2) is 4.39 Å². The molecule has 0 aliphatic carbocycles. The fraction of sp³-hybridized carbons (Fsp3) is 0.357. The Morgan fingerprint density at radius 1 is 1.35 bits per heavy atom. The summed E-state index contributed by atoms with van der Waals surface area (Å²) in [4.78, 5) is 11.9. The van der Waals surface area contributed by atoms with Crippen molar-refractivity contribution >= 4 is 22.4 Å². The third kappa shape index (κ3) is 3.39. The van der Waals surface area contributed by atoms with Crippen molar-refractivity contribution in [1.82, 2.24) is 10.2 Å². The van der Waals surface area contributed by atoms with Gasteiger partial charge in [-0.15, -0.1) is 10.2 Å². The maximum atomic E-state index is 13.1. The van der Waals surface area contributed by atoms with E-state index in [1.54, 1.807) is 6.07 Å². The second-order valence-electron chi connectivity index (χ2n) is 4.42. The summed E-state index contributed by atoms with van der Waals surface area (Å²) < 4.78 is 13.1. The number of carbonyl (C=O) groups is 1. The van der Waals surface area contributed by atoms with Gasteiger partial charge >= 0.3 is 0 Å². The molecule has 20 heavy (non-hydrogen) atoms. The number of halogens is 1. The van der Waals surface area contributed by atoms with Crippen LogP contribution in [0.1, 0.15) is 48.0 Å². The molecule has 2 aromatic rings. The molecule has 4 nitrogen and oxygen atoms in total. The molecule has 0 saturated heterocycles. The number of hydrogen-bond donors (Lipinski definition) is 1. The van der Waals surface area contributed by atoms with E-state index in [9.17, 15) is 9.18 Å². The minimum Gasteiger partial charge on any atom is -0.296 e. The summed E-state index contributed by atoms with van der Waals surface area (Å²) in [6.45, 7) is 4.20. The molecule has 2 rings (SSSR count). The first-order valence-electron chi connectivity index (χ1n) is 6.54. The summed E-state index contributed by atoms with van der Waals surface area (Å²) in [5.74, 6) is -0.447. The number of nitrogens with one attached hydrogen (secondary N) is 1. The monoisotopic (exact) mass is 293 g/mol. The van der Waals surface area contributed by atoms with E-state index in [0.717, 1.165) is 17.8 Å². The van der Waals surface area contributed by atoms with Crippen molar-refractivity contribution in [2.24, 2.45) is 0 Å². The third-order valence-electron chi connectivity index (χ3n) is 3.08. The van der Waals surface area contributed by atoms with Gasteiger partial charge < -0.3 is 0 Å². The highest BCUT2D eigenvalue weighted by Crippen LogP contribution is 2.28. The number of aromatic nitrogens is 2. The molecule has 1 heterocycles. The average Bonchev–Trinajstić information content (AvgIpc) is 2.88. The lowest BCUT2D eigenvalue weighted by Gasteiger charge is -2.05. The second-order valence-corrected chi connectivity index (χ2v) is 5.43. The Labute approximate surface area is 121 Å². The molecule has 6 heteroatoms. The van der Waals surface area contributed by atoms with Crippen molar-refractivity contribution in [2.75, 3.05) is 5.32 Å². The number of anilines is 1. The molecule has 0 saturated carbocycles. The van der Waals surface area contributed by atoms with Crippen LogP contribution in [0.5, 0.6) is 0 Å². The van der Waals surface area contributed by atoms with Gasteiger partial charge in [0.15, 0.2) is 0 Å². The largest absolute Gasteiger partial charge is 0.296 e. The Morgan fingerprint density at radius 2 is 2.10 bits per heavy atom. The Bertz CT molecular complexity index is 596. The Hall–Kier alpha value is -1.82. The predicted octanol–water partition coefficient (Wildman–Crippen LogP) is 3.83. The summed E-state index contributed by atoms with van der Waals surface area (Å²) in [7, 11) is 0. The minimum atomic E-state index is -0.437. The number of amides is 1. The zero-order valence-corrected chi connectivity index (χ0v) is 12.2. The van der Waals surface area contributed by atoms with E-state index in [2.05, 4.69) is 29.4 Å². The lowest BCUT2D eigenvalue weighted by molar-refractivity contribution is 0.102. The van der Waals surface area contributed by atoms with Gasteiger partial charge in [0, 0.05) is 11.5 Å². The molecule has 0 spiro atoms. The quantitative estimate of drug-likeness (QED) is 0.911. The number of benzene rings is 1. The zero-order valence-electron chi connectivity index (χ0n) is 11.4. The van der Waals surface area contributed by atoms with Gasteiger partial charge in [-0.05, 0) is 31.0 Å². The molecule has 106 valence electrons. The van der Waals surface area contributed by atoms with Gasteiger partial charge in [-0.1, -0.05) is 31.3 Å². The molecule has 0 unspecified atom stereocenters. The summed E-state index contributed by atoms with van der Waals surface area (Å²) in [6, 6.07) is 5.55. The average molecular weight is 293 g/mol. The van der Waals surface area contributed by atoms with Gasteiger partial charge in [0.25, 0.3) is 5.91 Å². The molecular formula is C14H16FN3OS. The van der Waals surface area contributed by atoms with E-state index in [1.165, 1.54) is 29.5 Å². The fourth-order valence-electron chi connectivity index (χ4n) is 1.89. The van der Waals surface area contributed by atoms with E-state index in [4.69, 9.17) is 0 Å². The smallest absolute Gasteiger partial charge is 0.257 e. The Balaban J connectivity index is 2.09. The van der Waals surface area contributed by atoms with Crippen molar-refractivity contribution in [3.05, 3.63) is 40.7 Å². The molecule has 0 fully saturated rings. The lowest BCUT2D eigenvalue weighted by Crippen LogP contribution is -2.11. The van der Waals surface area contributed by atoms with E-state index in [1.807, 2.05) is 0 Å². The van der Waals surface area contributed by atoms with E-state index >= 15 is 0 Å². The summed E-state index contributed by atoms with van der Waals surface area (Å²) >= 11 is 1.37. The van der Waals surface area contributed by atoms with Crippen molar-refractivity contribution in [3.63, 3.8) is 0 Å². The van der Waals surface area contributed by atoms with Crippen molar-refractivity contribution < 1.29 is 9.18 Å². The van der Waals surface area contributed by atoms with Crippen molar-refractivity contribution in [3.8, 4) is 0 Å². The molecule has 0 aliphatic rings. The number of hydrogen-bond acceptors (Lipinski definition) is 4. The predicted molar refractivity (Wildman–Crippen MR) is 77.6 cm³/mol. The van der Waals surface area contributed by atoms with Crippen LogP contribution in [0.15, 0.2) is 24.3 Å². The molecule has 0 radical (unpaired) electrons. The third-order valence-corrected chi connectivity index (χ3v) is 4.08. The van der Waals surface area contributed by atoms with Crippen LogP contribution in [0.2, 0.25) is 0 Å². The summed E-state index contributed by atoms with van der Waals surface area (Å²) in [5.41, 5.74) is 0.268. The molecule has 0 aliphatic heterocycles. The molecule has 0 bridgehead atoms. The van der Waals surface area contributed by atoms with Gasteiger partial charge in [0.2, 0.25) is 5.13 Å². The summed E-state index contributed by atoms with van der Waals surface area (Å²) in [6.07, 6.45) is 1.98. The Morgan fingerprint density at radius 3 is 2.75 bits per heavy atom. The highest BCUT2D eigenvalue weighted by Gasteiger charge is 2.15. The van der Waals surface area contributed by atoms with Crippen LogP contribution in [0.3, 0.4) is 0 Å². The maximum absolute atomic E-state index is 13.1. The van der Waals surface area contributed by atoms with Crippen LogP contribution in [0.4, 0.5) is 9.52 Å². The lowest BCUT2D eigenvalue weighted by atomic mass is 10.1. The molecule has 1 N–H and O–H groups in total. The first-order valence-corrected chi connectivity index (χ1v) is 7.36. The van der Waals surface area contributed by atoms with Crippen LogP contribution in [-0.4, -0.2) is 16.1 Å². The normalized spacial score (nSPS) is 10.8.